The molecule has 2 rings (SSSR count). The molecule has 0 aliphatic carbocycles. The topological polar surface area (TPSA) is 85.4 Å². The van der Waals surface area contributed by atoms with E-state index in [1.807, 2.05) is 6.92 Å². The number of amides is 1. The van der Waals surface area contributed by atoms with E-state index >= 15 is 0 Å². The first-order chi connectivity index (χ1) is 9.38. The first kappa shape index (κ1) is 13.8. The second-order valence-electron chi connectivity index (χ2n) is 4.56. The summed E-state index contributed by atoms with van der Waals surface area (Å²) in [5.41, 5.74) is 1.95. The average Bonchev–Trinajstić information content (AvgIpc) is 2.72. The van der Waals surface area contributed by atoms with Crippen molar-refractivity contribution in [1.82, 2.24) is 0 Å². The number of carbonyl (C=O) groups is 1. The lowest BCUT2D eigenvalue weighted by atomic mass is 10.1. The highest BCUT2D eigenvalue weighted by Crippen LogP contribution is 2.23. The largest absolute Gasteiger partial charge is 0.456 e. The van der Waals surface area contributed by atoms with Gasteiger partial charge in [-0.3, -0.25) is 14.9 Å². The summed E-state index contributed by atoms with van der Waals surface area (Å²) in [5, 5.41) is 13.4. The lowest BCUT2D eigenvalue weighted by Crippen LogP contribution is -2.12. The van der Waals surface area contributed by atoms with Crippen LogP contribution in [0.15, 0.2) is 28.7 Å². The van der Waals surface area contributed by atoms with E-state index < -0.39 is 10.8 Å². The van der Waals surface area contributed by atoms with Crippen LogP contribution in [0.3, 0.4) is 0 Å². The molecule has 20 heavy (non-hydrogen) atoms. The van der Waals surface area contributed by atoms with Crippen LogP contribution < -0.4 is 5.32 Å². The van der Waals surface area contributed by atoms with Gasteiger partial charge in [-0.05, 0) is 38.0 Å². The number of furan rings is 1. The predicted molar refractivity (Wildman–Crippen MR) is 74.0 cm³/mol. The van der Waals surface area contributed by atoms with Crippen molar-refractivity contribution < 1.29 is 14.1 Å². The maximum Gasteiger partial charge on any atom is 0.291 e. The van der Waals surface area contributed by atoms with Crippen molar-refractivity contribution >= 4 is 17.3 Å². The number of aryl methyl sites for hydroxylation is 3. The monoisotopic (exact) mass is 274 g/mol. The number of nitrogens with zero attached hydrogens (tertiary/aromatic N) is 1. The fourth-order valence-electron chi connectivity index (χ4n) is 1.73. The molecule has 0 radical (unpaired) electrons. The Kier molecular flexibility index (Phi) is 3.56. The molecule has 6 heteroatoms. The maximum atomic E-state index is 12.0. The van der Waals surface area contributed by atoms with E-state index in [0.29, 0.717) is 11.4 Å². The van der Waals surface area contributed by atoms with Crippen LogP contribution in [0.25, 0.3) is 0 Å². The minimum absolute atomic E-state index is 0.0716. The van der Waals surface area contributed by atoms with E-state index in [4.69, 9.17) is 4.42 Å². The third-order valence-electron chi connectivity index (χ3n) is 3.07. The second-order valence-corrected chi connectivity index (χ2v) is 4.56. The molecule has 1 heterocycles. The Hall–Kier alpha value is -2.63. The first-order valence-electron chi connectivity index (χ1n) is 6.02. The summed E-state index contributed by atoms with van der Waals surface area (Å²) in [6, 6.07) is 5.95. The van der Waals surface area contributed by atoms with Gasteiger partial charge in [0.1, 0.15) is 5.76 Å². The van der Waals surface area contributed by atoms with Gasteiger partial charge in [0.15, 0.2) is 5.76 Å². The molecule has 0 aliphatic heterocycles. The number of nitro groups is 1. The smallest absolute Gasteiger partial charge is 0.291 e. The van der Waals surface area contributed by atoms with Crippen LogP contribution in [0, 0.1) is 30.9 Å². The van der Waals surface area contributed by atoms with Crippen LogP contribution >= 0.6 is 0 Å². The van der Waals surface area contributed by atoms with Crippen molar-refractivity contribution in [3.63, 3.8) is 0 Å². The predicted octanol–water partition coefficient (Wildman–Crippen LogP) is 3.37. The number of non-ortho nitro benzene ring substituents is 1. The number of hydrogen-bond donors (Lipinski definition) is 1. The first-order valence-corrected chi connectivity index (χ1v) is 6.02. The molecule has 1 aromatic carbocycles. The van der Waals surface area contributed by atoms with Gasteiger partial charge in [0.05, 0.1) is 10.6 Å². The van der Waals surface area contributed by atoms with Gasteiger partial charge >= 0.3 is 0 Å². The molecule has 0 saturated heterocycles. The highest BCUT2D eigenvalue weighted by Gasteiger charge is 2.15. The SMILES string of the molecule is Cc1ccc([N+](=O)[O-])cc1NC(=O)c1cc(C)c(C)o1. The molecule has 0 unspecified atom stereocenters. The zero-order chi connectivity index (χ0) is 14.9. The van der Waals surface area contributed by atoms with Gasteiger partial charge in [-0.1, -0.05) is 6.07 Å². The lowest BCUT2D eigenvalue weighted by Gasteiger charge is -2.06. The van der Waals surface area contributed by atoms with Crippen LogP contribution in [0.5, 0.6) is 0 Å². The van der Waals surface area contributed by atoms with Gasteiger partial charge in [0.2, 0.25) is 0 Å². The third-order valence-corrected chi connectivity index (χ3v) is 3.07. The zero-order valence-electron chi connectivity index (χ0n) is 11.4. The summed E-state index contributed by atoms with van der Waals surface area (Å²) in [6.45, 7) is 5.37. The Bertz CT molecular complexity index is 669. The quantitative estimate of drug-likeness (QED) is 0.686. The van der Waals surface area contributed by atoms with Crippen LogP contribution in [-0.2, 0) is 0 Å². The number of nitro benzene ring substituents is 1. The van der Waals surface area contributed by atoms with Crippen LogP contribution in [-0.4, -0.2) is 10.8 Å². The lowest BCUT2D eigenvalue weighted by molar-refractivity contribution is -0.384. The minimum atomic E-state index is -0.504. The zero-order valence-corrected chi connectivity index (χ0v) is 11.4. The summed E-state index contributed by atoms with van der Waals surface area (Å²) in [5.74, 6) is 0.432. The standard InChI is InChI=1S/C14H14N2O4/c1-8-4-5-11(16(18)19)7-12(8)15-14(17)13-6-9(2)10(3)20-13/h4-7H,1-3H3,(H,15,17). The molecule has 0 bridgehead atoms. The number of nitrogens with one attached hydrogen (secondary N) is 1. The molecule has 6 nitrogen and oxygen atoms in total. The van der Waals surface area contributed by atoms with E-state index in [1.165, 1.54) is 12.1 Å². The molecule has 1 aromatic heterocycles. The molecule has 0 atom stereocenters. The van der Waals surface area contributed by atoms with Crippen LogP contribution in [0.4, 0.5) is 11.4 Å². The fourth-order valence-corrected chi connectivity index (χ4v) is 1.73. The van der Waals surface area contributed by atoms with Crippen molar-refractivity contribution in [2.24, 2.45) is 0 Å². The van der Waals surface area contributed by atoms with Crippen molar-refractivity contribution in [3.05, 3.63) is 57.0 Å². The Morgan fingerprint density at radius 2 is 1.90 bits per heavy atom. The van der Waals surface area contributed by atoms with Gasteiger partial charge in [0, 0.05) is 12.1 Å². The molecule has 1 N–H and O–H groups in total. The molecule has 1 amide bonds. The average molecular weight is 274 g/mol. The highest BCUT2D eigenvalue weighted by molar-refractivity contribution is 6.03. The van der Waals surface area contributed by atoms with Crippen molar-refractivity contribution in [1.29, 1.82) is 0 Å². The summed E-state index contributed by atoms with van der Waals surface area (Å²) in [6.07, 6.45) is 0. The van der Waals surface area contributed by atoms with Gasteiger partial charge in [0.25, 0.3) is 11.6 Å². The number of rotatable bonds is 3. The molecule has 0 spiro atoms. The number of benzene rings is 1. The van der Waals surface area contributed by atoms with Gasteiger partial charge in [-0.15, -0.1) is 0 Å². The third kappa shape index (κ3) is 2.69. The Morgan fingerprint density at radius 3 is 2.45 bits per heavy atom. The highest BCUT2D eigenvalue weighted by atomic mass is 16.6. The normalized spacial score (nSPS) is 10.3. The summed E-state index contributed by atoms with van der Waals surface area (Å²) < 4.78 is 5.32. The van der Waals surface area contributed by atoms with E-state index in [2.05, 4.69) is 5.32 Å². The Balaban J connectivity index is 2.27. The summed E-state index contributed by atoms with van der Waals surface area (Å²) in [7, 11) is 0. The van der Waals surface area contributed by atoms with Gasteiger partial charge in [-0.2, -0.15) is 0 Å². The number of carbonyl (C=O) groups excluding carboxylic acids is 1. The second kappa shape index (κ2) is 5.16. The number of hydrogen-bond acceptors (Lipinski definition) is 4. The van der Waals surface area contributed by atoms with E-state index in [9.17, 15) is 14.9 Å². The molecule has 0 aliphatic rings. The van der Waals surface area contributed by atoms with Gasteiger partial charge in [-0.25, -0.2) is 0 Å². The van der Waals surface area contributed by atoms with Crippen LogP contribution in [0.1, 0.15) is 27.4 Å². The molecule has 0 fully saturated rings. The molecule has 104 valence electrons. The van der Waals surface area contributed by atoms with E-state index in [1.54, 1.807) is 26.0 Å². The molecular weight excluding hydrogens is 260 g/mol. The van der Waals surface area contributed by atoms with Crippen LogP contribution in [0.2, 0.25) is 0 Å². The summed E-state index contributed by atoms with van der Waals surface area (Å²) in [4.78, 5) is 22.3. The van der Waals surface area contributed by atoms with Crippen molar-refractivity contribution in [3.8, 4) is 0 Å². The number of anilines is 1. The van der Waals surface area contributed by atoms with Crippen molar-refractivity contribution in [2.75, 3.05) is 5.32 Å². The van der Waals surface area contributed by atoms with E-state index in [0.717, 1.165) is 11.1 Å². The van der Waals surface area contributed by atoms with Crippen molar-refractivity contribution in [2.45, 2.75) is 20.8 Å². The molecular formula is C14H14N2O4. The minimum Gasteiger partial charge on any atom is -0.456 e. The van der Waals surface area contributed by atoms with E-state index in [-0.39, 0.29) is 11.4 Å². The molecule has 0 saturated carbocycles. The molecule has 2 aromatic rings. The Morgan fingerprint density at radius 1 is 1.20 bits per heavy atom. The van der Waals surface area contributed by atoms with Gasteiger partial charge < -0.3 is 9.73 Å². The fraction of sp³-hybridized carbons (Fsp3) is 0.214. The maximum absolute atomic E-state index is 12.0. The summed E-state index contributed by atoms with van der Waals surface area (Å²) >= 11 is 0. The Labute approximate surface area is 115 Å².